The monoisotopic (exact) mass is 418 g/mol. The summed E-state index contributed by atoms with van der Waals surface area (Å²) in [6, 6.07) is 15.8. The van der Waals surface area contributed by atoms with Crippen LogP contribution in [0.4, 0.5) is 10.5 Å². The Morgan fingerprint density at radius 2 is 1.87 bits per heavy atom. The van der Waals surface area contributed by atoms with Gasteiger partial charge in [0.05, 0.1) is 23.4 Å². The van der Waals surface area contributed by atoms with Gasteiger partial charge in [-0.05, 0) is 49.6 Å². The molecule has 1 aromatic heterocycles. The first kappa shape index (κ1) is 22.2. The summed E-state index contributed by atoms with van der Waals surface area (Å²) < 4.78 is 7.92. The van der Waals surface area contributed by atoms with Crippen LogP contribution in [-0.2, 0) is 6.54 Å². The molecule has 0 fully saturated rings. The molecule has 0 saturated heterocycles. The van der Waals surface area contributed by atoms with Crippen LogP contribution in [0.3, 0.4) is 0 Å². The highest BCUT2D eigenvalue weighted by molar-refractivity contribution is 5.96. The molecule has 2 amide bonds. The van der Waals surface area contributed by atoms with Gasteiger partial charge in [-0.25, -0.2) is 4.79 Å². The van der Waals surface area contributed by atoms with E-state index in [0.29, 0.717) is 24.4 Å². The van der Waals surface area contributed by atoms with E-state index in [1.54, 1.807) is 0 Å². The highest BCUT2D eigenvalue weighted by Crippen LogP contribution is 2.36. The first-order chi connectivity index (χ1) is 15.1. The molecule has 2 N–H and O–H groups in total. The predicted molar refractivity (Wildman–Crippen MR) is 125 cm³/mol. The topological polar surface area (TPSA) is 79.1 Å². The van der Waals surface area contributed by atoms with E-state index in [2.05, 4.69) is 28.2 Å². The van der Waals surface area contributed by atoms with Crippen molar-refractivity contribution in [3.63, 3.8) is 0 Å². The van der Waals surface area contributed by atoms with Crippen LogP contribution in [-0.4, -0.2) is 23.7 Å². The molecule has 0 radical (unpaired) electrons. The molecule has 0 spiro atoms. The van der Waals surface area contributed by atoms with Gasteiger partial charge in [-0.3, -0.25) is 0 Å². The first-order valence-electron chi connectivity index (χ1n) is 11.0. The Kier molecular flexibility index (Phi) is 7.55. The second-order valence-electron chi connectivity index (χ2n) is 7.41. The normalized spacial score (nSPS) is 10.6. The summed E-state index contributed by atoms with van der Waals surface area (Å²) >= 11 is 0. The Morgan fingerprint density at radius 3 is 2.52 bits per heavy atom. The molecule has 0 aliphatic heterocycles. The zero-order valence-electron chi connectivity index (χ0n) is 18.5. The number of hydrogen-bond acceptors (Lipinski definition) is 3. The van der Waals surface area contributed by atoms with E-state index in [0.717, 1.165) is 53.7 Å². The molecule has 162 valence electrons. The van der Waals surface area contributed by atoms with Crippen LogP contribution in [0, 0.1) is 11.3 Å². The first-order valence-corrected chi connectivity index (χ1v) is 11.0. The number of aromatic nitrogens is 1. The summed E-state index contributed by atoms with van der Waals surface area (Å²) in [7, 11) is 0. The van der Waals surface area contributed by atoms with E-state index >= 15 is 0 Å². The Morgan fingerprint density at radius 1 is 1.10 bits per heavy atom. The number of carbonyl (C=O) groups is 1. The number of carbonyl (C=O) groups excluding carboxylic acids is 1. The lowest BCUT2D eigenvalue weighted by Crippen LogP contribution is -2.29. The van der Waals surface area contributed by atoms with Gasteiger partial charge in [0.15, 0.2) is 0 Å². The fraction of sp³-hybridized carbons (Fsp3) is 0.360. The second-order valence-corrected chi connectivity index (χ2v) is 7.41. The van der Waals surface area contributed by atoms with E-state index in [9.17, 15) is 10.1 Å². The number of nitrogens with zero attached hydrogens (tertiary/aromatic N) is 2. The summed E-state index contributed by atoms with van der Waals surface area (Å²) in [5, 5.41) is 16.6. The highest BCUT2D eigenvalue weighted by atomic mass is 16.5. The van der Waals surface area contributed by atoms with E-state index in [1.165, 1.54) is 0 Å². The third-order valence-corrected chi connectivity index (χ3v) is 5.15. The van der Waals surface area contributed by atoms with Crippen LogP contribution in [0.5, 0.6) is 5.75 Å². The maximum absolute atomic E-state index is 11.9. The van der Waals surface area contributed by atoms with Gasteiger partial charge in [-0.2, -0.15) is 5.26 Å². The van der Waals surface area contributed by atoms with Gasteiger partial charge in [0, 0.05) is 30.2 Å². The number of ether oxygens (including phenoxy) is 1. The standard InChI is InChI=1S/C25H30N4O2/c1-4-7-15-29-23-16-20(31-6-3)12-13-21(23)22(17-26)24(29)18-8-10-19(11-9-18)28-25(30)27-14-5-2/h8-13,16H,4-7,14-15H2,1-3H3,(H2,27,28,30). The Balaban J connectivity index is 2.03. The zero-order valence-corrected chi connectivity index (χ0v) is 18.5. The Labute approximate surface area is 183 Å². The molecule has 6 heteroatoms. The summed E-state index contributed by atoms with van der Waals surface area (Å²) in [4.78, 5) is 11.9. The van der Waals surface area contributed by atoms with Crippen LogP contribution in [0.1, 0.15) is 45.6 Å². The molecule has 0 saturated carbocycles. The number of benzene rings is 2. The molecular weight excluding hydrogens is 388 g/mol. The van der Waals surface area contributed by atoms with Crippen molar-refractivity contribution in [1.82, 2.24) is 9.88 Å². The number of aryl methyl sites for hydroxylation is 1. The van der Waals surface area contributed by atoms with Crippen molar-refractivity contribution in [3.05, 3.63) is 48.0 Å². The summed E-state index contributed by atoms with van der Waals surface area (Å²) in [5.41, 5.74) is 4.23. The van der Waals surface area contributed by atoms with Gasteiger partial charge < -0.3 is 19.9 Å². The van der Waals surface area contributed by atoms with E-state index in [1.807, 2.05) is 56.3 Å². The largest absolute Gasteiger partial charge is 0.494 e. The van der Waals surface area contributed by atoms with E-state index < -0.39 is 0 Å². The third-order valence-electron chi connectivity index (χ3n) is 5.15. The van der Waals surface area contributed by atoms with Crippen molar-refractivity contribution >= 4 is 22.6 Å². The molecule has 2 aromatic carbocycles. The van der Waals surface area contributed by atoms with Crippen LogP contribution >= 0.6 is 0 Å². The van der Waals surface area contributed by atoms with Crippen molar-refractivity contribution < 1.29 is 9.53 Å². The minimum absolute atomic E-state index is 0.215. The number of hydrogen-bond donors (Lipinski definition) is 2. The molecule has 1 heterocycles. The number of unbranched alkanes of at least 4 members (excludes halogenated alkanes) is 1. The molecular formula is C25H30N4O2. The lowest BCUT2D eigenvalue weighted by atomic mass is 10.1. The average Bonchev–Trinajstić information content (AvgIpc) is 3.09. The Bertz CT molecular complexity index is 1080. The quantitative estimate of drug-likeness (QED) is 0.453. The molecule has 6 nitrogen and oxygen atoms in total. The molecule has 0 bridgehead atoms. The van der Waals surface area contributed by atoms with Gasteiger partial charge in [0.2, 0.25) is 0 Å². The van der Waals surface area contributed by atoms with Gasteiger partial charge in [0.25, 0.3) is 0 Å². The van der Waals surface area contributed by atoms with Gasteiger partial charge >= 0.3 is 6.03 Å². The Hall–Kier alpha value is -3.46. The summed E-state index contributed by atoms with van der Waals surface area (Å²) in [5.74, 6) is 0.805. The minimum atomic E-state index is -0.215. The highest BCUT2D eigenvalue weighted by Gasteiger charge is 2.19. The average molecular weight is 419 g/mol. The van der Waals surface area contributed by atoms with Crippen molar-refractivity contribution in [1.29, 1.82) is 5.26 Å². The molecule has 3 rings (SSSR count). The van der Waals surface area contributed by atoms with E-state index in [4.69, 9.17) is 4.74 Å². The predicted octanol–water partition coefficient (Wildman–Crippen LogP) is 5.91. The zero-order chi connectivity index (χ0) is 22.2. The molecule has 3 aromatic rings. The fourth-order valence-corrected chi connectivity index (χ4v) is 3.67. The van der Waals surface area contributed by atoms with Crippen molar-refractivity contribution in [2.45, 2.75) is 46.6 Å². The van der Waals surface area contributed by atoms with Crippen LogP contribution in [0.25, 0.3) is 22.2 Å². The number of anilines is 1. The molecule has 0 unspecified atom stereocenters. The number of rotatable bonds is 9. The SMILES string of the molecule is CCCCn1c(-c2ccc(NC(=O)NCCC)cc2)c(C#N)c2ccc(OCC)cc21. The van der Waals surface area contributed by atoms with E-state index in [-0.39, 0.29) is 6.03 Å². The smallest absolute Gasteiger partial charge is 0.319 e. The number of fused-ring (bicyclic) bond motifs is 1. The van der Waals surface area contributed by atoms with Crippen molar-refractivity contribution in [2.24, 2.45) is 0 Å². The molecule has 0 aliphatic carbocycles. The van der Waals surface area contributed by atoms with Gasteiger partial charge in [0.1, 0.15) is 11.8 Å². The van der Waals surface area contributed by atoms with Crippen molar-refractivity contribution in [2.75, 3.05) is 18.5 Å². The van der Waals surface area contributed by atoms with Gasteiger partial charge in [-0.1, -0.05) is 32.4 Å². The van der Waals surface area contributed by atoms with Crippen LogP contribution in [0.15, 0.2) is 42.5 Å². The minimum Gasteiger partial charge on any atom is -0.494 e. The summed E-state index contributed by atoms with van der Waals surface area (Å²) in [6.45, 7) is 8.18. The molecule has 0 atom stereocenters. The van der Waals surface area contributed by atoms with Crippen LogP contribution < -0.4 is 15.4 Å². The maximum atomic E-state index is 11.9. The van der Waals surface area contributed by atoms with Crippen molar-refractivity contribution in [3.8, 4) is 23.1 Å². The second kappa shape index (κ2) is 10.5. The lowest BCUT2D eigenvalue weighted by molar-refractivity contribution is 0.252. The molecule has 0 aliphatic rings. The number of amides is 2. The fourth-order valence-electron chi connectivity index (χ4n) is 3.67. The lowest BCUT2D eigenvalue weighted by Gasteiger charge is -2.12. The van der Waals surface area contributed by atoms with Gasteiger partial charge in [-0.15, -0.1) is 0 Å². The maximum Gasteiger partial charge on any atom is 0.319 e. The summed E-state index contributed by atoms with van der Waals surface area (Å²) in [6.07, 6.45) is 2.95. The number of nitrogens with one attached hydrogen (secondary N) is 2. The number of urea groups is 1. The molecule has 31 heavy (non-hydrogen) atoms. The van der Waals surface area contributed by atoms with Crippen LogP contribution in [0.2, 0.25) is 0 Å². The number of nitriles is 1. The third kappa shape index (κ3) is 5.00.